The number of ether oxygens (including phenoxy) is 1. The van der Waals surface area contributed by atoms with Crippen LogP contribution in [0, 0.1) is 0 Å². The minimum atomic E-state index is -3.70. The predicted molar refractivity (Wildman–Crippen MR) is 130 cm³/mol. The van der Waals surface area contributed by atoms with Gasteiger partial charge >= 0.3 is 0 Å². The number of fused-ring (bicyclic) bond motifs is 1. The van der Waals surface area contributed by atoms with Crippen molar-refractivity contribution in [2.75, 3.05) is 10.6 Å². The summed E-state index contributed by atoms with van der Waals surface area (Å²) in [7, 11) is -3.70. The summed E-state index contributed by atoms with van der Waals surface area (Å²) in [4.78, 5) is 13.1. The first-order chi connectivity index (χ1) is 15.8. The molecule has 1 N–H and O–H groups in total. The van der Waals surface area contributed by atoms with E-state index in [1.54, 1.807) is 31.2 Å². The average molecular weight is 465 g/mol. The summed E-state index contributed by atoms with van der Waals surface area (Å²) in [5.41, 5.74) is 2.75. The Bertz CT molecular complexity index is 1210. The third-order valence-electron chi connectivity index (χ3n) is 5.84. The van der Waals surface area contributed by atoms with Crippen LogP contribution in [-0.4, -0.2) is 26.6 Å². The lowest BCUT2D eigenvalue weighted by molar-refractivity contribution is -0.122. The summed E-state index contributed by atoms with van der Waals surface area (Å²) >= 11 is 0. The van der Waals surface area contributed by atoms with Gasteiger partial charge in [-0.15, -0.1) is 0 Å². The second kappa shape index (κ2) is 9.67. The van der Waals surface area contributed by atoms with E-state index in [9.17, 15) is 13.2 Å². The third-order valence-corrected chi connectivity index (χ3v) is 7.09. The first-order valence-electron chi connectivity index (χ1n) is 11.0. The van der Waals surface area contributed by atoms with Crippen molar-refractivity contribution in [1.29, 1.82) is 0 Å². The van der Waals surface area contributed by atoms with Crippen molar-refractivity contribution < 1.29 is 17.9 Å². The molecule has 0 aromatic heterocycles. The number of nitrogens with one attached hydrogen (secondary N) is 1. The second-order valence-corrected chi connectivity index (χ2v) is 10.2. The number of nitrogens with zero attached hydrogens (tertiary/aromatic N) is 1. The Morgan fingerprint density at radius 3 is 2.30 bits per heavy atom. The van der Waals surface area contributed by atoms with Gasteiger partial charge in [0.2, 0.25) is 15.9 Å². The Kier molecular flexibility index (Phi) is 6.70. The molecule has 0 saturated carbocycles. The Morgan fingerprint density at radius 2 is 1.61 bits per heavy atom. The zero-order chi connectivity index (χ0) is 23.4. The molecule has 172 valence electrons. The number of benzene rings is 3. The molecule has 1 amide bonds. The molecule has 0 saturated heterocycles. The van der Waals surface area contributed by atoms with Crippen molar-refractivity contribution in [3.05, 3.63) is 90.0 Å². The minimum Gasteiger partial charge on any atom is -0.457 e. The maximum atomic E-state index is 13.1. The Balaban J connectivity index is 1.52. The van der Waals surface area contributed by atoms with Gasteiger partial charge in [0, 0.05) is 0 Å². The SMILES string of the molecule is C[C@H](C(=O)N[C@H]1CCCc2ccccc21)N(c1ccc(Oc2ccccc2)cc1)S(C)(=O)=O. The quantitative estimate of drug-likeness (QED) is 0.544. The number of carbonyl (C=O) groups excluding carboxylic acids is 1. The smallest absolute Gasteiger partial charge is 0.244 e. The number of para-hydroxylation sites is 1. The van der Waals surface area contributed by atoms with Crippen molar-refractivity contribution >= 4 is 21.6 Å². The van der Waals surface area contributed by atoms with Crippen molar-refractivity contribution in [1.82, 2.24) is 5.32 Å². The average Bonchev–Trinajstić information content (AvgIpc) is 2.80. The van der Waals surface area contributed by atoms with Crippen LogP contribution in [0.4, 0.5) is 5.69 Å². The summed E-state index contributed by atoms with van der Waals surface area (Å²) in [6, 6.07) is 23.1. The monoisotopic (exact) mass is 464 g/mol. The van der Waals surface area contributed by atoms with E-state index in [0.29, 0.717) is 17.2 Å². The minimum absolute atomic E-state index is 0.118. The zero-order valence-corrected chi connectivity index (χ0v) is 19.6. The van der Waals surface area contributed by atoms with Crippen molar-refractivity contribution in [2.24, 2.45) is 0 Å². The van der Waals surface area contributed by atoms with E-state index in [0.717, 1.165) is 35.4 Å². The van der Waals surface area contributed by atoms with E-state index in [4.69, 9.17) is 4.74 Å². The van der Waals surface area contributed by atoms with Gasteiger partial charge in [0.05, 0.1) is 18.0 Å². The molecule has 4 rings (SSSR count). The summed E-state index contributed by atoms with van der Waals surface area (Å²) in [6.07, 6.45) is 3.92. The number of hydrogen-bond acceptors (Lipinski definition) is 4. The van der Waals surface area contributed by atoms with Gasteiger partial charge in [0.25, 0.3) is 0 Å². The standard InChI is InChI=1S/C26H28N2O4S/c1-19(26(29)27-25-14-8-10-20-9-6-7-13-24(20)25)28(33(2,30)31)21-15-17-23(18-16-21)32-22-11-4-3-5-12-22/h3-7,9,11-13,15-19,25H,8,10,14H2,1-2H3,(H,27,29)/t19-,25+/m1/s1. The second-order valence-electron chi connectivity index (χ2n) is 8.30. The first kappa shape index (κ1) is 22.9. The molecule has 0 unspecified atom stereocenters. The molecule has 33 heavy (non-hydrogen) atoms. The van der Waals surface area contributed by atoms with Crippen LogP contribution in [0.2, 0.25) is 0 Å². The van der Waals surface area contributed by atoms with Gasteiger partial charge in [-0.05, 0) is 73.7 Å². The molecule has 0 spiro atoms. The molecule has 7 heteroatoms. The third kappa shape index (κ3) is 5.37. The van der Waals surface area contributed by atoms with E-state index in [-0.39, 0.29) is 11.9 Å². The van der Waals surface area contributed by atoms with Crippen LogP contribution < -0.4 is 14.4 Å². The van der Waals surface area contributed by atoms with Gasteiger partial charge in [-0.1, -0.05) is 42.5 Å². The molecule has 0 fully saturated rings. The fourth-order valence-corrected chi connectivity index (χ4v) is 5.47. The maximum Gasteiger partial charge on any atom is 0.244 e. The summed E-state index contributed by atoms with van der Waals surface area (Å²) < 4.78 is 32.3. The molecular weight excluding hydrogens is 436 g/mol. The van der Waals surface area contributed by atoms with E-state index >= 15 is 0 Å². The number of amides is 1. The highest BCUT2D eigenvalue weighted by atomic mass is 32.2. The molecular formula is C26H28N2O4S. The lowest BCUT2D eigenvalue weighted by Crippen LogP contribution is -2.49. The maximum absolute atomic E-state index is 13.1. The van der Waals surface area contributed by atoms with Gasteiger partial charge in [-0.3, -0.25) is 9.10 Å². The summed E-state index contributed by atoms with van der Waals surface area (Å²) in [5, 5.41) is 3.07. The van der Waals surface area contributed by atoms with Crippen molar-refractivity contribution in [3.8, 4) is 11.5 Å². The molecule has 0 heterocycles. The van der Waals surface area contributed by atoms with E-state index < -0.39 is 16.1 Å². The van der Waals surface area contributed by atoms with E-state index in [2.05, 4.69) is 11.4 Å². The van der Waals surface area contributed by atoms with Crippen LogP contribution in [0.25, 0.3) is 0 Å². The number of carbonyl (C=O) groups is 1. The number of anilines is 1. The molecule has 1 aliphatic carbocycles. The number of sulfonamides is 1. The molecule has 3 aromatic carbocycles. The summed E-state index contributed by atoms with van der Waals surface area (Å²) in [6.45, 7) is 1.61. The van der Waals surface area contributed by atoms with Crippen LogP contribution >= 0.6 is 0 Å². The lowest BCUT2D eigenvalue weighted by Gasteiger charge is -2.31. The van der Waals surface area contributed by atoms with E-state index in [1.807, 2.05) is 48.5 Å². The highest BCUT2D eigenvalue weighted by Gasteiger charge is 2.31. The predicted octanol–water partition coefficient (Wildman–Crippen LogP) is 4.83. The largest absolute Gasteiger partial charge is 0.457 e. The Labute approximate surface area is 195 Å². The van der Waals surface area contributed by atoms with Gasteiger partial charge in [0.15, 0.2) is 0 Å². The molecule has 2 atom stereocenters. The van der Waals surface area contributed by atoms with Crippen LogP contribution in [0.15, 0.2) is 78.9 Å². The highest BCUT2D eigenvalue weighted by Crippen LogP contribution is 2.31. The van der Waals surface area contributed by atoms with Gasteiger partial charge in [-0.25, -0.2) is 8.42 Å². The van der Waals surface area contributed by atoms with Crippen LogP contribution in [0.5, 0.6) is 11.5 Å². The van der Waals surface area contributed by atoms with Gasteiger partial charge in [0.1, 0.15) is 17.5 Å². The fourth-order valence-electron chi connectivity index (χ4n) is 4.29. The lowest BCUT2D eigenvalue weighted by atomic mass is 9.87. The first-order valence-corrected chi connectivity index (χ1v) is 12.9. The molecule has 0 radical (unpaired) electrons. The Morgan fingerprint density at radius 1 is 0.970 bits per heavy atom. The van der Waals surface area contributed by atoms with Crippen LogP contribution in [0.1, 0.15) is 36.9 Å². The topological polar surface area (TPSA) is 75.7 Å². The van der Waals surface area contributed by atoms with Crippen LogP contribution in [-0.2, 0) is 21.2 Å². The number of aryl methyl sites for hydroxylation is 1. The van der Waals surface area contributed by atoms with E-state index in [1.165, 1.54) is 5.56 Å². The van der Waals surface area contributed by atoms with Crippen LogP contribution in [0.3, 0.4) is 0 Å². The Hall–Kier alpha value is -3.32. The molecule has 0 bridgehead atoms. The fraction of sp³-hybridized carbons (Fsp3) is 0.269. The van der Waals surface area contributed by atoms with Gasteiger partial charge in [-0.2, -0.15) is 0 Å². The molecule has 1 aliphatic rings. The highest BCUT2D eigenvalue weighted by molar-refractivity contribution is 7.92. The zero-order valence-electron chi connectivity index (χ0n) is 18.8. The molecule has 3 aromatic rings. The molecule has 6 nitrogen and oxygen atoms in total. The van der Waals surface area contributed by atoms with Gasteiger partial charge < -0.3 is 10.1 Å². The number of hydrogen-bond donors (Lipinski definition) is 1. The van der Waals surface area contributed by atoms with Crippen molar-refractivity contribution in [2.45, 2.75) is 38.3 Å². The summed E-state index contributed by atoms with van der Waals surface area (Å²) in [5.74, 6) is 0.937. The van der Waals surface area contributed by atoms with Crippen molar-refractivity contribution in [3.63, 3.8) is 0 Å². The molecule has 0 aliphatic heterocycles. The normalized spacial score (nSPS) is 16.4. The number of rotatable bonds is 7.